The van der Waals surface area contributed by atoms with Crippen LogP contribution in [0.5, 0.6) is 0 Å². The molecule has 0 atom stereocenters. The van der Waals surface area contributed by atoms with Crippen molar-refractivity contribution in [1.29, 1.82) is 0 Å². The number of hydrogen-bond acceptors (Lipinski definition) is 0. The van der Waals surface area contributed by atoms with Crippen LogP contribution in [-0.2, 0) is 69.5 Å². The molecule has 1 aliphatic carbocycles. The largest absolute Gasteiger partial charge is 0.416 e. The van der Waals surface area contributed by atoms with Crippen molar-refractivity contribution in [2.24, 2.45) is 0 Å². The molecule has 0 nitrogen and oxygen atoms in total. The third-order valence-corrected chi connectivity index (χ3v) is 21.4. The molecule has 10 aromatic carbocycles. The van der Waals surface area contributed by atoms with Crippen molar-refractivity contribution in [3.8, 4) is 11.1 Å². The zero-order chi connectivity index (χ0) is 75.1. The van der Waals surface area contributed by atoms with Gasteiger partial charge in [-0.1, -0.05) is 218 Å². The Morgan fingerprint density at radius 3 is 0.548 bits per heavy atom. The molecule has 0 bridgehead atoms. The van der Waals surface area contributed by atoms with Gasteiger partial charge in [0, 0.05) is 20.1 Å². The third-order valence-electron chi connectivity index (χ3n) is 16.4. The van der Waals surface area contributed by atoms with Crippen molar-refractivity contribution in [2.45, 2.75) is 75.1 Å². The maximum atomic E-state index is 14.2. The van der Waals surface area contributed by atoms with E-state index in [4.69, 9.17) is 0 Å². The second-order valence-electron chi connectivity index (χ2n) is 23.4. The van der Waals surface area contributed by atoms with Crippen LogP contribution in [0.3, 0.4) is 0 Å². The van der Waals surface area contributed by atoms with Crippen molar-refractivity contribution in [3.63, 3.8) is 0 Å². The number of hydrogen-bond donors (Lipinski definition) is 0. The number of alkyl halides is 24. The smallest absolute Gasteiger partial charge is 0.194 e. The van der Waals surface area contributed by atoms with Crippen LogP contribution < -0.4 is 53.7 Å². The third kappa shape index (κ3) is 20.0. The fourth-order valence-electron chi connectivity index (χ4n) is 11.9. The summed E-state index contributed by atoms with van der Waals surface area (Å²) in [6.45, 7) is 0. The van der Waals surface area contributed by atoms with Crippen molar-refractivity contribution in [3.05, 3.63) is 313 Å². The summed E-state index contributed by atoms with van der Waals surface area (Å²) in [5.41, 5.74) is -27.6. The molecule has 0 heterocycles. The Morgan fingerprint density at radius 1 is 0.212 bits per heavy atom. The minimum absolute atomic E-state index is 0. The first-order chi connectivity index (χ1) is 48.2. The summed E-state index contributed by atoms with van der Waals surface area (Å²) in [4.78, 5) is 0. The van der Waals surface area contributed by atoms with Gasteiger partial charge in [0.05, 0.1) is 44.5 Å². The normalized spacial score (nSPS) is 13.8. The van der Waals surface area contributed by atoms with E-state index in [1.54, 1.807) is 0 Å². The molecule has 0 aliphatic heterocycles. The average Bonchev–Trinajstić information content (AvgIpc) is 0.707. The second kappa shape index (κ2) is 32.8. The number of rotatable bonds is 11. The zero-order valence-corrected chi connectivity index (χ0v) is 57.3. The molecule has 5 radical (unpaired) electrons. The maximum Gasteiger partial charge on any atom is 0.416 e. The molecule has 28 heteroatoms. The van der Waals surface area contributed by atoms with Crippen LogP contribution in [0.4, 0.5) is 105 Å². The van der Waals surface area contributed by atoms with E-state index < -0.39 is 211 Å². The van der Waals surface area contributed by atoms with E-state index in [1.807, 2.05) is 0 Å². The van der Waals surface area contributed by atoms with Gasteiger partial charge in [-0.05, 0) is 134 Å². The summed E-state index contributed by atoms with van der Waals surface area (Å²) >= 11 is 0. The van der Waals surface area contributed by atoms with Crippen LogP contribution >= 0.6 is 15.8 Å². The predicted octanol–water partition coefficient (Wildman–Crippen LogP) is 20.5. The van der Waals surface area contributed by atoms with Crippen LogP contribution in [0.25, 0.3) is 11.1 Å². The van der Waals surface area contributed by atoms with Gasteiger partial charge < -0.3 is 0 Å². The molecule has 11 rings (SSSR count). The van der Waals surface area contributed by atoms with Crippen LogP contribution in [0.2, 0.25) is 0 Å². The van der Waals surface area contributed by atoms with Crippen LogP contribution in [-0.4, -0.2) is 6.15 Å². The summed E-state index contributed by atoms with van der Waals surface area (Å²) in [5.74, 6) is 0. The molecular weight excluding hydrogens is 1630 g/mol. The van der Waals surface area contributed by atoms with Gasteiger partial charge in [-0.3, -0.25) is 0 Å². The monoisotopic (exact) mass is 1690 g/mol. The molecule has 0 amide bonds. The first-order valence-electron chi connectivity index (χ1n) is 30.8. The molecule has 1 saturated carbocycles. The van der Waals surface area contributed by atoms with Crippen LogP contribution in [0, 0.1) is 25.7 Å². The van der Waals surface area contributed by atoms with Gasteiger partial charge in [-0.25, -0.2) is 0 Å². The quantitative estimate of drug-likeness (QED) is 0.0688. The van der Waals surface area contributed by atoms with Gasteiger partial charge >= 0.3 is 49.4 Å². The molecular formula is C76H52BF24IrP2-. The second-order valence-corrected chi connectivity index (χ2v) is 27.7. The fraction of sp³-hybridized carbons (Fsp3) is 0.158. The minimum Gasteiger partial charge on any atom is -0.194 e. The van der Waals surface area contributed by atoms with Gasteiger partial charge in [0.2, 0.25) is 0 Å². The SMILES string of the molecule is FC(F)(F)c1cc([B-](c2cc(C(F)(F)F)cc(C(F)(F)F)c2)(c2cc(C(F)(F)F)cc(C(F)(F)F)c2)c2cc(C(F)(F)F)cc(C(F)(F)F)c2)cc(C(F)(F)F)c1.[CH]1[CH]CC[CH][CH]CC1.[Ir].c1ccc(P(c2ccccc2)c2ccccc2-c2ccccc2P(c2ccccc2)c2ccccc2)cc1. The fourth-order valence-corrected chi connectivity index (χ4v) is 16.8. The molecule has 0 spiro atoms. The Balaban J connectivity index is 0.000000248. The summed E-state index contributed by atoms with van der Waals surface area (Å²) in [7, 11) is -1.45. The summed E-state index contributed by atoms with van der Waals surface area (Å²) in [6.07, 6.45) is -40.8. The van der Waals surface area contributed by atoms with Gasteiger partial charge in [0.1, 0.15) is 6.15 Å². The van der Waals surface area contributed by atoms with Crippen molar-refractivity contribution >= 4 is 75.7 Å². The van der Waals surface area contributed by atoms with Crippen LogP contribution in [0.15, 0.2) is 243 Å². The van der Waals surface area contributed by atoms with E-state index in [-0.39, 0.29) is 20.1 Å². The Bertz CT molecular complexity index is 3810. The average molecular weight is 1690 g/mol. The van der Waals surface area contributed by atoms with Crippen molar-refractivity contribution in [2.75, 3.05) is 0 Å². The van der Waals surface area contributed by atoms with E-state index in [9.17, 15) is 105 Å². The standard InChI is InChI=1S/C36H28P2.C32H12BF24.C8H12.Ir/c1-5-17-29(18-6-1)37(30-19-7-2-8-20-30)35-27-15-13-25-33(35)34-26-14-16-28-36(34)38(31-21-9-3-10-22-31)32-23-11-4-12-24-32;34-25(35,36)13-1-14(26(37,38)39)6-21(5-13)33(22-7-15(27(40,41)42)2-16(8-22)28(43,44)45,23-9-17(29(46,47)48)3-18(10-23)30(49,50)51)24-11-19(31(52,53)54)4-20(12-24)32(55,56)57;1-2-4-6-8-7-5-3-1;/h1-28H;1-12H;1-2,7-8H,3-6H2;/q;-1;;. The molecule has 104 heavy (non-hydrogen) atoms. The van der Waals surface area contributed by atoms with Crippen LogP contribution in [0.1, 0.15) is 70.2 Å². The van der Waals surface area contributed by atoms with Crippen molar-refractivity contribution in [1.82, 2.24) is 0 Å². The zero-order valence-electron chi connectivity index (χ0n) is 53.1. The van der Waals surface area contributed by atoms with E-state index in [0.29, 0.717) is 0 Å². The summed E-state index contributed by atoms with van der Waals surface area (Å²) in [6, 6.07) is 53.2. The topological polar surface area (TPSA) is 0 Å². The first kappa shape index (κ1) is 81.8. The molecule has 547 valence electrons. The molecule has 1 fully saturated rings. The van der Waals surface area contributed by atoms with E-state index in [2.05, 4.69) is 196 Å². The Hall–Kier alpha value is -7.91. The van der Waals surface area contributed by atoms with Gasteiger partial charge in [0.15, 0.2) is 0 Å². The van der Waals surface area contributed by atoms with E-state index in [1.165, 1.54) is 68.6 Å². The molecule has 0 unspecified atom stereocenters. The predicted molar refractivity (Wildman–Crippen MR) is 355 cm³/mol. The Kier molecular flexibility index (Phi) is 25.8. The summed E-state index contributed by atoms with van der Waals surface area (Å²) < 4.78 is 341. The van der Waals surface area contributed by atoms with Crippen molar-refractivity contribution < 1.29 is 125 Å². The van der Waals surface area contributed by atoms with Gasteiger partial charge in [0.25, 0.3) is 0 Å². The first-order valence-corrected chi connectivity index (χ1v) is 33.5. The minimum atomic E-state index is -6.13. The molecule has 0 saturated heterocycles. The molecule has 0 aromatic heterocycles. The molecule has 0 N–H and O–H groups in total. The molecule has 1 aliphatic rings. The number of halogens is 24. The maximum absolute atomic E-state index is 14.2. The number of benzene rings is 10. The van der Waals surface area contributed by atoms with E-state index in [0.717, 1.165) is 0 Å². The van der Waals surface area contributed by atoms with E-state index >= 15 is 0 Å². The molecule has 10 aromatic rings. The Morgan fingerprint density at radius 2 is 0.375 bits per heavy atom. The van der Waals surface area contributed by atoms with Gasteiger partial charge in [-0.2, -0.15) is 127 Å². The van der Waals surface area contributed by atoms with Gasteiger partial charge in [-0.15, -0.1) is 0 Å². The Labute approximate surface area is 597 Å². The summed E-state index contributed by atoms with van der Waals surface area (Å²) in [5, 5.41) is 8.25.